The summed E-state index contributed by atoms with van der Waals surface area (Å²) in [4.78, 5) is 51.8. The van der Waals surface area contributed by atoms with E-state index in [1.807, 2.05) is 0 Å². The minimum absolute atomic E-state index is 0.00195. The maximum atomic E-state index is 11.0. The third kappa shape index (κ3) is 4.21. The highest BCUT2D eigenvalue weighted by molar-refractivity contribution is 6.02. The summed E-state index contributed by atoms with van der Waals surface area (Å²) in [7, 11) is 0. The van der Waals surface area contributed by atoms with Crippen LogP contribution in [0.3, 0.4) is 0 Å². The Kier molecular flexibility index (Phi) is 4.86. The number of rotatable bonds is 3. The van der Waals surface area contributed by atoms with Gasteiger partial charge in [0.05, 0.1) is 0 Å². The van der Waals surface area contributed by atoms with E-state index in [9.17, 15) is 24.0 Å². The molecule has 0 bridgehead atoms. The quantitative estimate of drug-likeness (QED) is 0.307. The number of hydrazine groups is 1. The van der Waals surface area contributed by atoms with E-state index in [2.05, 4.69) is 5.73 Å². The maximum absolute atomic E-state index is 11.0. The van der Waals surface area contributed by atoms with Gasteiger partial charge in [0, 0.05) is 0 Å². The molecule has 5 N–H and O–H groups in total. The second-order valence-corrected chi connectivity index (χ2v) is 1.94. The van der Waals surface area contributed by atoms with E-state index in [4.69, 9.17) is 0 Å². The first kappa shape index (κ1) is 12.3. The monoisotopic (exact) mass is 217 g/mol. The zero-order valence-corrected chi connectivity index (χ0v) is 7.22. The normalized spacial score (nSPS) is 8.27. The van der Waals surface area contributed by atoms with Crippen LogP contribution in [0.25, 0.3) is 0 Å². The molecule has 0 radical (unpaired) electrons. The highest BCUT2D eigenvalue weighted by atomic mass is 16.2. The van der Waals surface area contributed by atoms with Crippen molar-refractivity contribution < 1.29 is 24.0 Å². The predicted octanol–water partition coefficient (Wildman–Crippen LogP) is -2.40. The summed E-state index contributed by atoms with van der Waals surface area (Å²) in [6.07, 6.45) is 0.0202. The second kappa shape index (κ2) is 5.90. The Morgan fingerprint density at radius 2 is 1.73 bits per heavy atom. The topological polar surface area (TPSA) is 151 Å². The molecule has 0 aliphatic carbocycles. The molecule has 0 unspecified atom stereocenters. The molecular formula is C5H7N5O5. The van der Waals surface area contributed by atoms with Crippen LogP contribution in [-0.2, 0) is 9.59 Å². The van der Waals surface area contributed by atoms with Gasteiger partial charge >= 0.3 is 18.1 Å². The SMILES string of the molecule is NC(=O)N(NC=O)C(=O)NC(=O)NC=O. The van der Waals surface area contributed by atoms with Gasteiger partial charge in [0.25, 0.3) is 0 Å². The van der Waals surface area contributed by atoms with Gasteiger partial charge in [-0.15, -0.1) is 0 Å². The molecule has 15 heavy (non-hydrogen) atoms. The lowest BCUT2D eigenvalue weighted by atomic mass is 10.8. The first-order chi connectivity index (χ1) is 7.02. The van der Waals surface area contributed by atoms with Crippen LogP contribution >= 0.6 is 0 Å². The molecule has 0 fully saturated rings. The second-order valence-electron chi connectivity index (χ2n) is 1.94. The number of nitrogens with two attached hydrogens (primary N) is 1. The van der Waals surface area contributed by atoms with Gasteiger partial charge < -0.3 is 5.73 Å². The smallest absolute Gasteiger partial charge is 0.350 e. The first-order valence-corrected chi connectivity index (χ1v) is 3.37. The van der Waals surface area contributed by atoms with Crippen molar-refractivity contribution in [1.29, 1.82) is 0 Å². The Bertz CT molecular complexity index is 302. The lowest BCUT2D eigenvalue weighted by molar-refractivity contribution is -0.112. The predicted molar refractivity (Wildman–Crippen MR) is 43.7 cm³/mol. The van der Waals surface area contributed by atoms with E-state index in [1.54, 1.807) is 10.7 Å². The Morgan fingerprint density at radius 3 is 2.13 bits per heavy atom. The molecule has 10 heteroatoms. The molecule has 0 aliphatic heterocycles. The van der Waals surface area contributed by atoms with Crippen LogP contribution < -0.4 is 21.8 Å². The van der Waals surface area contributed by atoms with Crippen molar-refractivity contribution in [2.45, 2.75) is 0 Å². The summed E-state index contributed by atoms with van der Waals surface area (Å²) >= 11 is 0. The molecule has 0 aliphatic rings. The summed E-state index contributed by atoms with van der Waals surface area (Å²) in [5.74, 6) is 0. The highest BCUT2D eigenvalue weighted by Gasteiger charge is 2.20. The Balaban J connectivity index is 4.37. The average Bonchev–Trinajstić information content (AvgIpc) is 2.13. The fourth-order valence-corrected chi connectivity index (χ4v) is 0.518. The Labute approximate surface area is 82.7 Å². The fraction of sp³-hybridized carbons (Fsp3) is 0. The van der Waals surface area contributed by atoms with E-state index in [1.165, 1.54) is 5.32 Å². The van der Waals surface area contributed by atoms with E-state index in [0.29, 0.717) is 0 Å². The number of imide groups is 3. The number of hydrogen-bond donors (Lipinski definition) is 4. The van der Waals surface area contributed by atoms with E-state index >= 15 is 0 Å². The van der Waals surface area contributed by atoms with Gasteiger partial charge in [-0.2, -0.15) is 5.01 Å². The first-order valence-electron chi connectivity index (χ1n) is 3.37. The molecule has 0 saturated heterocycles. The van der Waals surface area contributed by atoms with Crippen molar-refractivity contribution >= 4 is 30.9 Å². The van der Waals surface area contributed by atoms with Crippen molar-refractivity contribution in [2.24, 2.45) is 5.73 Å². The third-order valence-corrected chi connectivity index (χ3v) is 1.02. The van der Waals surface area contributed by atoms with Crippen molar-refractivity contribution in [3.63, 3.8) is 0 Å². The van der Waals surface area contributed by atoms with Gasteiger partial charge in [0.15, 0.2) is 0 Å². The summed E-state index contributed by atoms with van der Waals surface area (Å²) in [5, 5.41) is 3.14. The minimum Gasteiger partial charge on any atom is -0.350 e. The Hall–Kier alpha value is -2.65. The van der Waals surface area contributed by atoms with Gasteiger partial charge in [-0.3, -0.25) is 25.6 Å². The van der Waals surface area contributed by atoms with Gasteiger partial charge in [0.2, 0.25) is 12.8 Å². The zero-order valence-electron chi connectivity index (χ0n) is 7.22. The van der Waals surface area contributed by atoms with E-state index in [0.717, 1.165) is 0 Å². The standard InChI is InChI=1S/C5H7N5O5/c6-3(13)10(8-2-12)5(15)9-4(14)7-1-11/h1-2H,(H2,6,13)(H,8,12)(H2,7,9,11,14,15). The van der Waals surface area contributed by atoms with Gasteiger partial charge in [-0.1, -0.05) is 0 Å². The molecule has 82 valence electrons. The molecule has 0 aromatic heterocycles. The van der Waals surface area contributed by atoms with Crippen LogP contribution in [0.1, 0.15) is 0 Å². The molecule has 8 amide bonds. The summed E-state index contributed by atoms with van der Waals surface area (Å²) in [6.45, 7) is 0. The minimum atomic E-state index is -1.31. The van der Waals surface area contributed by atoms with Crippen molar-refractivity contribution in [1.82, 2.24) is 21.1 Å². The molecular weight excluding hydrogens is 210 g/mol. The maximum Gasteiger partial charge on any atom is 0.353 e. The molecule has 0 atom stereocenters. The number of urea groups is 3. The number of amides is 8. The summed E-state index contributed by atoms with van der Waals surface area (Å²) in [6, 6.07) is -3.79. The van der Waals surface area contributed by atoms with Crippen LogP contribution in [0.4, 0.5) is 14.4 Å². The van der Waals surface area contributed by atoms with Gasteiger partial charge in [-0.05, 0) is 0 Å². The molecule has 0 rings (SSSR count). The molecule has 0 heterocycles. The van der Waals surface area contributed by atoms with Crippen LogP contribution in [-0.4, -0.2) is 35.9 Å². The van der Waals surface area contributed by atoms with Crippen molar-refractivity contribution in [2.75, 3.05) is 0 Å². The molecule has 0 aromatic carbocycles. The van der Waals surface area contributed by atoms with Gasteiger partial charge in [0.1, 0.15) is 0 Å². The lowest BCUT2D eigenvalue weighted by Crippen LogP contribution is -2.55. The van der Waals surface area contributed by atoms with Crippen LogP contribution in [0.15, 0.2) is 0 Å². The van der Waals surface area contributed by atoms with Gasteiger partial charge in [-0.25, -0.2) is 14.4 Å². The fourth-order valence-electron chi connectivity index (χ4n) is 0.518. The van der Waals surface area contributed by atoms with E-state index < -0.39 is 18.1 Å². The van der Waals surface area contributed by atoms with Crippen LogP contribution in [0.2, 0.25) is 0 Å². The lowest BCUT2D eigenvalue weighted by Gasteiger charge is -2.15. The number of carbonyl (C=O) groups is 5. The number of carbonyl (C=O) groups excluding carboxylic acids is 5. The van der Waals surface area contributed by atoms with Crippen molar-refractivity contribution in [3.8, 4) is 0 Å². The number of nitrogens with zero attached hydrogens (tertiary/aromatic N) is 1. The number of hydrogen-bond acceptors (Lipinski definition) is 5. The van der Waals surface area contributed by atoms with Crippen LogP contribution in [0, 0.1) is 0 Å². The molecule has 0 saturated carbocycles. The Morgan fingerprint density at radius 1 is 1.13 bits per heavy atom. The zero-order chi connectivity index (χ0) is 11.8. The third-order valence-electron chi connectivity index (χ3n) is 1.02. The molecule has 0 spiro atoms. The van der Waals surface area contributed by atoms with E-state index in [-0.39, 0.29) is 17.8 Å². The highest BCUT2D eigenvalue weighted by Crippen LogP contribution is 1.82. The largest absolute Gasteiger partial charge is 0.353 e. The number of nitrogens with one attached hydrogen (secondary N) is 3. The summed E-state index contributed by atoms with van der Waals surface area (Å²) < 4.78 is 0. The average molecular weight is 217 g/mol. The molecule has 10 nitrogen and oxygen atoms in total. The summed E-state index contributed by atoms with van der Waals surface area (Å²) in [5.41, 5.74) is 6.30. The van der Waals surface area contributed by atoms with Crippen molar-refractivity contribution in [3.05, 3.63) is 0 Å². The number of primary amides is 1. The molecule has 0 aromatic rings. The van der Waals surface area contributed by atoms with Crippen LogP contribution in [0.5, 0.6) is 0 Å².